The van der Waals surface area contributed by atoms with E-state index in [0.29, 0.717) is 11.3 Å². The van der Waals surface area contributed by atoms with E-state index in [0.717, 1.165) is 18.5 Å². The summed E-state index contributed by atoms with van der Waals surface area (Å²) < 4.78 is 68.4. The predicted octanol–water partition coefficient (Wildman–Crippen LogP) is 4.02. The molecule has 1 amide bonds. The van der Waals surface area contributed by atoms with E-state index in [9.17, 15) is 22.4 Å². The summed E-state index contributed by atoms with van der Waals surface area (Å²) in [4.78, 5) is 20.6. The van der Waals surface area contributed by atoms with Crippen molar-refractivity contribution in [2.24, 2.45) is 0 Å². The van der Waals surface area contributed by atoms with Gasteiger partial charge < -0.3 is 20.1 Å². The molecule has 1 saturated heterocycles. The molecule has 3 atom stereocenters. The van der Waals surface area contributed by atoms with E-state index < -0.39 is 37.4 Å². The first-order valence-electron chi connectivity index (χ1n) is 11.7. The zero-order valence-electron chi connectivity index (χ0n) is 19.9. The van der Waals surface area contributed by atoms with Gasteiger partial charge in [-0.15, -0.1) is 13.2 Å². The molecule has 5 rings (SSSR count). The maximum Gasteiger partial charge on any atom is 0.522 e. The van der Waals surface area contributed by atoms with Gasteiger partial charge in [0.15, 0.2) is 18.1 Å². The van der Waals surface area contributed by atoms with Crippen molar-refractivity contribution in [1.82, 2.24) is 29.9 Å². The number of amides is 1. The topological polar surface area (TPSA) is 128 Å². The number of ether oxygens (including phenoxy) is 3. The van der Waals surface area contributed by atoms with Crippen LogP contribution in [0.2, 0.25) is 0 Å². The number of alkyl halides is 4. The monoisotopic (exact) mass is 527 g/mol. The number of rotatable bonds is 8. The van der Waals surface area contributed by atoms with E-state index in [4.69, 9.17) is 9.47 Å². The standard InChI is InChI=1S/C22H25F4N7O4/c1-10(2)27-21(34)37-15-9-35-19(18(15)23)14-5-16(32-31-14)30-20-29-13(11-3-4-11)6-17-28-12(7-33(17)20)8-36-22(24,25)26/h5-7,10-11,15,18-19H,3-4,8-9H2,1-2H3,(H,27,34)(H2,29,30,31,32)/t15-,18-,19-/m1/s1. The molecule has 1 aliphatic carbocycles. The van der Waals surface area contributed by atoms with Crippen LogP contribution in [0.4, 0.5) is 34.1 Å². The molecule has 0 unspecified atom stereocenters. The van der Waals surface area contributed by atoms with Crippen LogP contribution in [0.3, 0.4) is 0 Å². The number of fused-ring (bicyclic) bond motifs is 1. The van der Waals surface area contributed by atoms with Gasteiger partial charge in [0.2, 0.25) is 5.95 Å². The second kappa shape index (κ2) is 9.78. The Morgan fingerprint density at radius 1 is 1.30 bits per heavy atom. The van der Waals surface area contributed by atoms with Crippen LogP contribution in [0.25, 0.3) is 5.65 Å². The van der Waals surface area contributed by atoms with E-state index in [1.54, 1.807) is 19.9 Å². The molecule has 3 N–H and O–H groups in total. The molecule has 2 aliphatic rings. The normalized spacial score (nSPS) is 22.1. The lowest BCUT2D eigenvalue weighted by Crippen LogP contribution is -2.36. The average molecular weight is 527 g/mol. The van der Waals surface area contributed by atoms with E-state index >= 15 is 0 Å². The number of halogens is 4. The Kier molecular flexibility index (Phi) is 6.66. The summed E-state index contributed by atoms with van der Waals surface area (Å²) in [5, 5.41) is 12.4. The van der Waals surface area contributed by atoms with Gasteiger partial charge in [-0.2, -0.15) is 5.10 Å². The SMILES string of the molecule is CC(C)NC(=O)O[C@@H]1CO[C@H](c2cc(Nc3nc(C4CC4)cc4nc(COC(F)(F)F)cn34)n[nH]2)[C@@H]1F. The van der Waals surface area contributed by atoms with Gasteiger partial charge in [0.05, 0.1) is 30.3 Å². The van der Waals surface area contributed by atoms with Gasteiger partial charge in [0.1, 0.15) is 11.8 Å². The molecule has 3 aromatic rings. The van der Waals surface area contributed by atoms with Gasteiger partial charge in [0.25, 0.3) is 0 Å². The highest BCUT2D eigenvalue weighted by Crippen LogP contribution is 2.40. The van der Waals surface area contributed by atoms with Crippen LogP contribution in [0.15, 0.2) is 18.3 Å². The fourth-order valence-corrected chi connectivity index (χ4v) is 3.96. The van der Waals surface area contributed by atoms with Crippen LogP contribution in [0.5, 0.6) is 0 Å². The van der Waals surface area contributed by atoms with Crippen LogP contribution in [-0.2, 0) is 20.8 Å². The average Bonchev–Trinajstić information content (AvgIpc) is 3.25. The maximum atomic E-state index is 15.0. The van der Waals surface area contributed by atoms with Crippen LogP contribution in [0, 0.1) is 0 Å². The summed E-state index contributed by atoms with van der Waals surface area (Å²) >= 11 is 0. The molecule has 0 radical (unpaired) electrons. The van der Waals surface area contributed by atoms with Crippen molar-refractivity contribution in [2.45, 2.75) is 70.0 Å². The first-order valence-corrected chi connectivity index (χ1v) is 11.7. The number of hydrogen-bond donors (Lipinski definition) is 3. The Hall–Kier alpha value is -3.46. The molecule has 3 aromatic heterocycles. The number of carbonyl (C=O) groups excluding carboxylic acids is 1. The zero-order valence-corrected chi connectivity index (χ0v) is 19.9. The lowest BCUT2D eigenvalue weighted by atomic mass is 10.1. The third kappa shape index (κ3) is 5.93. The number of aromatic nitrogens is 5. The third-order valence-corrected chi connectivity index (χ3v) is 5.80. The van der Waals surface area contributed by atoms with Crippen molar-refractivity contribution in [3.8, 4) is 0 Å². The molecule has 0 bridgehead atoms. The first-order chi connectivity index (χ1) is 17.6. The smallest absolute Gasteiger partial charge is 0.441 e. The summed E-state index contributed by atoms with van der Waals surface area (Å²) in [6, 6.07) is 3.09. The maximum absolute atomic E-state index is 15.0. The van der Waals surface area contributed by atoms with Crippen LogP contribution >= 0.6 is 0 Å². The number of H-pyrrole nitrogens is 1. The fraction of sp³-hybridized carbons (Fsp3) is 0.545. The number of carbonyl (C=O) groups is 1. The van der Waals surface area contributed by atoms with Gasteiger partial charge in [-0.3, -0.25) is 14.2 Å². The van der Waals surface area contributed by atoms with E-state index in [1.807, 2.05) is 0 Å². The molecule has 11 nitrogen and oxygen atoms in total. The van der Waals surface area contributed by atoms with Crippen molar-refractivity contribution in [2.75, 3.05) is 11.9 Å². The molecular formula is C22H25F4N7O4. The number of imidazole rings is 1. The van der Waals surface area contributed by atoms with Crippen LogP contribution in [0.1, 0.15) is 55.8 Å². The molecule has 200 valence electrons. The van der Waals surface area contributed by atoms with Gasteiger partial charge in [-0.05, 0) is 26.7 Å². The Morgan fingerprint density at radius 2 is 2.08 bits per heavy atom. The van der Waals surface area contributed by atoms with Crippen molar-refractivity contribution < 1.29 is 36.6 Å². The van der Waals surface area contributed by atoms with Gasteiger partial charge in [-0.1, -0.05) is 0 Å². The third-order valence-electron chi connectivity index (χ3n) is 5.80. The van der Waals surface area contributed by atoms with Crippen molar-refractivity contribution in [3.05, 3.63) is 35.4 Å². The zero-order chi connectivity index (χ0) is 26.3. The van der Waals surface area contributed by atoms with Crippen LogP contribution < -0.4 is 10.6 Å². The molecule has 1 aliphatic heterocycles. The largest absolute Gasteiger partial charge is 0.522 e. The van der Waals surface area contributed by atoms with Gasteiger partial charge >= 0.3 is 12.5 Å². The number of nitrogens with zero attached hydrogens (tertiary/aromatic N) is 4. The molecule has 4 heterocycles. The summed E-state index contributed by atoms with van der Waals surface area (Å²) in [6.45, 7) is 2.64. The van der Waals surface area contributed by atoms with Crippen molar-refractivity contribution >= 4 is 23.5 Å². The second-order valence-electron chi connectivity index (χ2n) is 9.25. The summed E-state index contributed by atoms with van der Waals surface area (Å²) in [7, 11) is 0. The molecule has 1 saturated carbocycles. The highest BCUT2D eigenvalue weighted by Gasteiger charge is 2.42. The minimum absolute atomic E-state index is 0.0741. The molecule has 0 spiro atoms. The lowest BCUT2D eigenvalue weighted by molar-refractivity contribution is -0.330. The van der Waals surface area contributed by atoms with Gasteiger partial charge in [-0.25, -0.2) is 19.2 Å². The summed E-state index contributed by atoms with van der Waals surface area (Å²) in [6.07, 6.45) is -5.96. The van der Waals surface area contributed by atoms with E-state index in [-0.39, 0.29) is 36.0 Å². The van der Waals surface area contributed by atoms with E-state index in [2.05, 4.69) is 35.5 Å². The first kappa shape index (κ1) is 25.2. The van der Waals surface area contributed by atoms with Crippen molar-refractivity contribution in [3.63, 3.8) is 0 Å². The predicted molar refractivity (Wildman–Crippen MR) is 120 cm³/mol. The molecular weight excluding hydrogens is 502 g/mol. The Balaban J connectivity index is 1.32. The Labute approximate surface area is 207 Å². The Morgan fingerprint density at radius 3 is 2.78 bits per heavy atom. The number of hydrogen-bond acceptors (Lipinski definition) is 8. The van der Waals surface area contributed by atoms with Gasteiger partial charge in [0, 0.05) is 30.3 Å². The molecule has 2 fully saturated rings. The summed E-state index contributed by atoms with van der Waals surface area (Å²) in [5.41, 5.74) is 1.54. The van der Waals surface area contributed by atoms with E-state index in [1.165, 1.54) is 16.7 Å². The molecule has 0 aromatic carbocycles. The minimum atomic E-state index is -4.78. The molecule has 37 heavy (non-hydrogen) atoms. The summed E-state index contributed by atoms with van der Waals surface area (Å²) in [5.74, 6) is 0.797. The number of nitrogens with one attached hydrogen (secondary N) is 3. The number of alkyl carbamates (subject to hydrolysis) is 1. The Bertz CT molecular complexity index is 1270. The number of aromatic amines is 1. The molecule has 15 heteroatoms. The lowest BCUT2D eigenvalue weighted by Gasteiger charge is -2.16. The quantitative estimate of drug-likeness (QED) is 0.375. The fourth-order valence-electron chi connectivity index (χ4n) is 3.96. The van der Waals surface area contributed by atoms with Crippen molar-refractivity contribution in [1.29, 1.82) is 0 Å². The highest BCUT2D eigenvalue weighted by molar-refractivity contribution is 5.67. The second-order valence-corrected chi connectivity index (χ2v) is 9.25. The number of anilines is 2. The highest BCUT2D eigenvalue weighted by atomic mass is 19.4. The van der Waals surface area contributed by atoms with Crippen LogP contribution in [-0.4, -0.2) is 61.9 Å². The minimum Gasteiger partial charge on any atom is -0.441 e.